The van der Waals surface area contributed by atoms with Crippen LogP contribution in [0.15, 0.2) is 47.6 Å². The Kier molecular flexibility index (Phi) is 35.7. The topological polar surface area (TPSA) is 403 Å². The van der Waals surface area contributed by atoms with Gasteiger partial charge in [0.25, 0.3) is 0 Å². The van der Waals surface area contributed by atoms with Crippen molar-refractivity contribution in [1.82, 2.24) is 10.6 Å². The minimum absolute atomic E-state index is 0.00208. The third-order valence-corrected chi connectivity index (χ3v) is 17.5. The summed E-state index contributed by atoms with van der Waals surface area (Å²) in [4.78, 5) is 40.9. The minimum atomic E-state index is -2.55. The molecule has 19 unspecified atom stereocenters. The number of aliphatic hydroxyl groups is 13. The minimum Gasteiger partial charge on any atom is -0.550 e. The number of esters is 2. The van der Waals surface area contributed by atoms with Crippen molar-refractivity contribution < 1.29 is 105 Å². The second kappa shape index (κ2) is 39.3. The second-order valence-electron chi connectivity index (χ2n) is 25.0. The average Bonchev–Trinajstić information content (AvgIpc) is 1.27. The van der Waals surface area contributed by atoms with E-state index >= 15 is 0 Å². The van der Waals surface area contributed by atoms with Crippen LogP contribution in [0, 0.1) is 41.4 Å². The number of nitrogens with one attached hydrogen (secondary N) is 3. The van der Waals surface area contributed by atoms with Gasteiger partial charge in [-0.25, -0.2) is 0 Å². The van der Waals surface area contributed by atoms with Crippen LogP contribution in [-0.4, -0.2) is 208 Å². The molecule has 2 bridgehead atoms. The molecule has 1 saturated heterocycles. The lowest BCUT2D eigenvalue weighted by atomic mass is 9.84. The number of carbonyl (C=O) groups is 3. The van der Waals surface area contributed by atoms with Crippen LogP contribution in [0.2, 0.25) is 0 Å². The molecule has 0 saturated carbocycles. The lowest BCUT2D eigenvalue weighted by molar-refractivity contribution is -0.424. The zero-order chi connectivity index (χ0) is 65.2. The van der Waals surface area contributed by atoms with E-state index < -0.39 is 164 Å². The first-order chi connectivity index (χ1) is 40.2. The molecule has 0 aromatic carbocycles. The van der Waals surface area contributed by atoms with Gasteiger partial charge < -0.3 is 90.5 Å². The maximum Gasteiger partial charge on any atom is 0.342 e. The Morgan fingerprint density at radius 3 is 2.03 bits per heavy atom. The highest BCUT2D eigenvalue weighted by Gasteiger charge is 2.50. The predicted molar refractivity (Wildman–Crippen MR) is 319 cm³/mol. The van der Waals surface area contributed by atoms with E-state index in [1.165, 1.54) is 6.08 Å². The van der Waals surface area contributed by atoms with Gasteiger partial charge in [-0.05, 0) is 102 Å². The van der Waals surface area contributed by atoms with Crippen LogP contribution in [-0.2, 0) is 28.6 Å². The van der Waals surface area contributed by atoms with Crippen LogP contribution < -0.4 is 20.7 Å². The molecule has 86 heavy (non-hydrogen) atoms. The number of cyclic esters (lactones) is 1. The highest BCUT2D eigenvalue weighted by molar-refractivity contribution is 5.89. The molecule has 1 fully saturated rings. The Morgan fingerprint density at radius 2 is 1.41 bits per heavy atom. The highest BCUT2D eigenvalue weighted by atomic mass is 16.7. The molecule has 23 heteroatoms. The molecule has 2 heterocycles. The molecule has 23 atom stereocenters. The largest absolute Gasteiger partial charge is 0.550 e. The lowest BCUT2D eigenvalue weighted by Gasteiger charge is -2.45. The molecule has 498 valence electrons. The number of unbranched alkanes of at least 4 members (excludes halogenated alkanes) is 2. The standard InChI is InChI=1S/C63H111N3O20/c1-35(18-13-12-16-25-66-62(64-10)65-11)26-39(5)59-38(4)19-14-15-21-48(69)40(6)51(72)29-45(68)27-44(67)28-46(84-57(79)33-56(77)78)30-47-31-54(75)60(81)63(83,86-47)34-55(76)36(2)20-17-22-49(70)41(7)52(73)32-53(74)42(8)50(71)24-23-37(3)58(80)43(9)61(82)85-59/h14-15,18-19,21,23,36,38-55,58-60,67-76,80-81,83H,12-13,16-17,20,22,24-34H2,1-11H3,(H,77,78)(H2,64,65,66)/b19-14+,21-15+,35-18+,37-23+/t36?,38?,39?,40?,41?,42?,43?,44?,45?,46?,47-,48?,49?,50?,51?,52?,53?,54+,55?,58?,59?,60-,63+/m1/s1. The molecule has 0 aromatic rings. The molecule has 2 rings (SSSR count). The van der Waals surface area contributed by atoms with Crippen LogP contribution in [0.4, 0.5) is 0 Å². The van der Waals surface area contributed by atoms with Crippen LogP contribution in [0.5, 0.6) is 0 Å². The Labute approximate surface area is 510 Å². The zero-order valence-electron chi connectivity index (χ0n) is 52.9. The van der Waals surface area contributed by atoms with Crippen LogP contribution in [0.1, 0.15) is 165 Å². The fraction of sp³-hybridized carbons (Fsp3) is 0.810. The number of guanidine groups is 1. The van der Waals surface area contributed by atoms with Gasteiger partial charge in [-0.15, -0.1) is 0 Å². The molecule has 16 N–H and O–H groups in total. The Bertz CT molecular complexity index is 2150. The summed E-state index contributed by atoms with van der Waals surface area (Å²) in [5, 5.41) is 163. The third-order valence-electron chi connectivity index (χ3n) is 17.5. The van der Waals surface area contributed by atoms with Crippen molar-refractivity contribution >= 4 is 23.9 Å². The highest BCUT2D eigenvalue weighted by Crippen LogP contribution is 2.36. The van der Waals surface area contributed by atoms with Gasteiger partial charge in [0.2, 0.25) is 0 Å². The first-order valence-electron chi connectivity index (χ1n) is 31.1. The molecular formula is C63H111N3O20. The Balaban J connectivity index is 2.48. The van der Waals surface area contributed by atoms with E-state index in [2.05, 4.69) is 21.7 Å². The Hall–Kier alpha value is -3.92. The number of carboxylic acids is 1. The summed E-state index contributed by atoms with van der Waals surface area (Å²) >= 11 is 0. The fourth-order valence-electron chi connectivity index (χ4n) is 11.3. The number of aliphatic carboxylic acids is 1. The van der Waals surface area contributed by atoms with Gasteiger partial charge in [0.05, 0.1) is 112 Å². The summed E-state index contributed by atoms with van der Waals surface area (Å²) in [5.74, 6) is -9.88. The van der Waals surface area contributed by atoms with Crippen molar-refractivity contribution in [2.24, 2.45) is 41.4 Å². The van der Waals surface area contributed by atoms with Gasteiger partial charge in [0, 0.05) is 49.4 Å². The number of carboxylic acid groups (broad SMARTS) is 1. The van der Waals surface area contributed by atoms with Gasteiger partial charge >= 0.3 is 17.9 Å². The SMILES string of the molecule is CNC(NCCCC/C=C(\C)CC(C)C1OC(=O)C(C)C(O)/C(C)=C/CC(O)C(C)C(O)CC(O)C(C)C(O)CCCC(C)C(O)C[C@]2(O)O[C@H](CC(OC(=O)CC(=O)[O-])CC(O)CC(O)CC(O)C(C)C(O)/C=C/C=C/C1C)C[C@H](O)[C@H]2O)=[NH+]C. The van der Waals surface area contributed by atoms with Crippen molar-refractivity contribution in [3.8, 4) is 0 Å². The van der Waals surface area contributed by atoms with Gasteiger partial charge in [-0.3, -0.25) is 25.2 Å². The van der Waals surface area contributed by atoms with E-state index in [9.17, 15) is 85.9 Å². The van der Waals surface area contributed by atoms with Gasteiger partial charge in [0.1, 0.15) is 18.3 Å². The van der Waals surface area contributed by atoms with Gasteiger partial charge in [-0.2, -0.15) is 0 Å². The lowest BCUT2D eigenvalue weighted by Crippen LogP contribution is -2.75. The van der Waals surface area contributed by atoms with E-state index in [4.69, 9.17) is 14.2 Å². The van der Waals surface area contributed by atoms with Crippen molar-refractivity contribution in [2.75, 3.05) is 20.6 Å². The molecule has 0 spiro atoms. The number of hydrogen-bond donors (Lipinski definition) is 16. The number of ether oxygens (including phenoxy) is 3. The van der Waals surface area contributed by atoms with Crippen molar-refractivity contribution in [3.05, 3.63) is 47.6 Å². The number of allylic oxidation sites excluding steroid dienone is 4. The molecule has 0 radical (unpaired) electrons. The second-order valence-corrected chi connectivity index (χ2v) is 25.0. The number of hydrogen-bond acceptors (Lipinski definition) is 20. The molecule has 23 nitrogen and oxygen atoms in total. The molecule has 0 aromatic heterocycles. The molecule has 0 aliphatic carbocycles. The number of rotatable bonds is 11. The van der Waals surface area contributed by atoms with E-state index in [0.717, 1.165) is 37.3 Å². The van der Waals surface area contributed by atoms with E-state index in [-0.39, 0.29) is 63.2 Å². The van der Waals surface area contributed by atoms with E-state index in [1.807, 2.05) is 40.9 Å². The summed E-state index contributed by atoms with van der Waals surface area (Å²) in [5.41, 5.74) is 1.50. The summed E-state index contributed by atoms with van der Waals surface area (Å²) < 4.78 is 17.5. The smallest absolute Gasteiger partial charge is 0.342 e. The predicted octanol–water partition coefficient (Wildman–Crippen LogP) is -0.434. The van der Waals surface area contributed by atoms with Crippen molar-refractivity contribution in [2.45, 2.75) is 262 Å². The van der Waals surface area contributed by atoms with Crippen LogP contribution >= 0.6 is 0 Å². The molecule has 0 amide bonds. The summed E-state index contributed by atoms with van der Waals surface area (Å²) in [7, 11) is 3.65. The normalized spacial score (nSPS) is 39.6. The average molecular weight is 1230 g/mol. The number of fused-ring (bicyclic) bond motifs is 2. The van der Waals surface area contributed by atoms with Gasteiger partial charge in [-0.1, -0.05) is 90.0 Å². The van der Waals surface area contributed by atoms with Crippen molar-refractivity contribution in [1.29, 1.82) is 0 Å². The quantitative estimate of drug-likeness (QED) is 0.0312. The van der Waals surface area contributed by atoms with Crippen molar-refractivity contribution in [3.63, 3.8) is 0 Å². The Morgan fingerprint density at radius 1 is 0.791 bits per heavy atom. The first kappa shape index (κ1) is 78.2. The van der Waals surface area contributed by atoms with Crippen LogP contribution in [0.25, 0.3) is 0 Å². The number of carbonyl (C=O) groups excluding carboxylic acids is 3. The van der Waals surface area contributed by atoms with Crippen LogP contribution in [0.3, 0.4) is 0 Å². The maximum absolute atomic E-state index is 14.0. The summed E-state index contributed by atoms with van der Waals surface area (Å²) in [6, 6.07) is 0. The fourth-order valence-corrected chi connectivity index (χ4v) is 11.3. The van der Waals surface area contributed by atoms with E-state index in [1.54, 1.807) is 59.8 Å². The molecule has 2 aliphatic heterocycles. The maximum atomic E-state index is 14.0. The monoisotopic (exact) mass is 1230 g/mol. The molecule has 2 aliphatic rings. The summed E-state index contributed by atoms with van der Waals surface area (Å²) in [6.07, 6.45) is -8.68. The molecular weight excluding hydrogens is 1120 g/mol. The first-order valence-corrected chi connectivity index (χ1v) is 31.1. The summed E-state index contributed by atoms with van der Waals surface area (Å²) in [6.45, 7) is 16.3. The van der Waals surface area contributed by atoms with E-state index in [0.29, 0.717) is 18.4 Å². The number of aliphatic hydroxyl groups excluding tert-OH is 12. The zero-order valence-corrected chi connectivity index (χ0v) is 52.9. The third kappa shape index (κ3) is 27.4. The van der Waals surface area contributed by atoms with Gasteiger partial charge in [0.15, 0.2) is 5.79 Å².